The molecule has 1 aromatic carbocycles. The Balaban J connectivity index is 0.00000242. The van der Waals surface area contributed by atoms with Crippen molar-refractivity contribution in [2.75, 3.05) is 24.5 Å². The van der Waals surface area contributed by atoms with Gasteiger partial charge in [0.2, 0.25) is 0 Å². The van der Waals surface area contributed by atoms with Crippen LogP contribution < -0.4 is 21.3 Å². The van der Waals surface area contributed by atoms with E-state index in [4.69, 9.17) is 17.3 Å². The normalized spacial score (nSPS) is 14.4. The monoisotopic (exact) mass is 346 g/mol. The quantitative estimate of drug-likeness (QED) is 0.776. The minimum atomic E-state index is -0.505. The Hall–Kier alpha value is -1.50. The molecule has 1 fully saturated rings. The second-order valence-corrected chi connectivity index (χ2v) is 6.13. The van der Waals surface area contributed by atoms with E-state index in [0.29, 0.717) is 35.9 Å². The lowest BCUT2D eigenvalue weighted by atomic mass is 10.1. The van der Waals surface area contributed by atoms with Crippen molar-refractivity contribution in [2.24, 2.45) is 5.73 Å². The molecule has 0 unspecified atom stereocenters. The fraction of sp³-hybridized carbons (Fsp3) is 0.429. The lowest BCUT2D eigenvalue weighted by molar-refractivity contribution is 0.0946. The van der Waals surface area contributed by atoms with Crippen molar-refractivity contribution >= 4 is 41.6 Å². The van der Waals surface area contributed by atoms with Crippen LogP contribution in [-0.4, -0.2) is 37.1 Å². The van der Waals surface area contributed by atoms with Crippen molar-refractivity contribution in [3.63, 3.8) is 0 Å². The maximum atomic E-state index is 12.2. The first-order valence-corrected chi connectivity index (χ1v) is 7.08. The van der Waals surface area contributed by atoms with Crippen LogP contribution in [0.4, 0.5) is 10.5 Å². The van der Waals surface area contributed by atoms with Gasteiger partial charge in [0.05, 0.1) is 10.6 Å². The Labute approximate surface area is 140 Å². The third-order valence-corrected chi connectivity index (χ3v) is 3.40. The van der Waals surface area contributed by atoms with Gasteiger partial charge in [0.1, 0.15) is 0 Å². The van der Waals surface area contributed by atoms with Crippen molar-refractivity contribution in [3.8, 4) is 0 Å². The molecule has 3 amide bonds. The van der Waals surface area contributed by atoms with Gasteiger partial charge >= 0.3 is 6.03 Å². The topological polar surface area (TPSA) is 87.5 Å². The predicted molar refractivity (Wildman–Crippen MR) is 90.0 cm³/mol. The van der Waals surface area contributed by atoms with Crippen LogP contribution in [0.3, 0.4) is 0 Å². The fourth-order valence-corrected chi connectivity index (χ4v) is 2.18. The molecule has 0 atom stereocenters. The molecule has 0 radical (unpaired) electrons. The Kier molecular flexibility index (Phi) is 6.05. The average molecular weight is 347 g/mol. The van der Waals surface area contributed by atoms with Gasteiger partial charge in [-0.1, -0.05) is 11.6 Å². The molecular formula is C14H20Cl2N4O2. The van der Waals surface area contributed by atoms with Crippen molar-refractivity contribution in [1.29, 1.82) is 0 Å². The number of carbonyl (C=O) groups excluding carboxylic acids is 2. The summed E-state index contributed by atoms with van der Waals surface area (Å²) >= 11 is 6.07. The SMILES string of the molecule is CC(C)(N)CNC(=O)c1cc(N2CCNC2=O)ccc1Cl.Cl. The highest BCUT2D eigenvalue weighted by molar-refractivity contribution is 6.34. The summed E-state index contributed by atoms with van der Waals surface area (Å²) in [5, 5.41) is 5.79. The molecule has 2 rings (SSSR count). The molecule has 0 saturated carbocycles. The van der Waals surface area contributed by atoms with E-state index >= 15 is 0 Å². The molecule has 0 aliphatic carbocycles. The maximum Gasteiger partial charge on any atom is 0.321 e. The molecule has 122 valence electrons. The number of nitrogens with one attached hydrogen (secondary N) is 2. The van der Waals surface area contributed by atoms with Crippen molar-refractivity contribution in [1.82, 2.24) is 10.6 Å². The molecule has 0 spiro atoms. The summed E-state index contributed by atoms with van der Waals surface area (Å²) in [7, 11) is 0. The fourth-order valence-electron chi connectivity index (χ4n) is 1.98. The summed E-state index contributed by atoms with van der Waals surface area (Å²) in [5.74, 6) is -0.306. The van der Waals surface area contributed by atoms with Gasteiger partial charge in [-0.05, 0) is 32.0 Å². The Morgan fingerprint density at radius 2 is 2.18 bits per heavy atom. The molecule has 1 saturated heterocycles. The van der Waals surface area contributed by atoms with Crippen molar-refractivity contribution in [2.45, 2.75) is 19.4 Å². The van der Waals surface area contributed by atoms with Crippen LogP contribution >= 0.6 is 24.0 Å². The van der Waals surface area contributed by atoms with E-state index < -0.39 is 5.54 Å². The zero-order chi connectivity index (χ0) is 15.6. The zero-order valence-electron chi connectivity index (χ0n) is 12.5. The smallest absolute Gasteiger partial charge is 0.321 e. The van der Waals surface area contributed by atoms with Gasteiger partial charge in [-0.15, -0.1) is 12.4 Å². The highest BCUT2D eigenvalue weighted by atomic mass is 35.5. The number of halogens is 2. The Morgan fingerprint density at radius 3 is 2.73 bits per heavy atom. The largest absolute Gasteiger partial charge is 0.350 e. The van der Waals surface area contributed by atoms with E-state index in [1.807, 2.05) is 13.8 Å². The molecule has 8 heteroatoms. The van der Waals surface area contributed by atoms with Crippen LogP contribution in [0.2, 0.25) is 5.02 Å². The number of rotatable bonds is 4. The van der Waals surface area contributed by atoms with Gasteiger partial charge in [-0.25, -0.2) is 4.79 Å². The predicted octanol–water partition coefficient (Wildman–Crippen LogP) is 1.76. The van der Waals surface area contributed by atoms with Gasteiger partial charge < -0.3 is 16.4 Å². The van der Waals surface area contributed by atoms with Gasteiger partial charge in [0.15, 0.2) is 0 Å². The minimum absolute atomic E-state index is 0. The van der Waals surface area contributed by atoms with Gasteiger partial charge in [-0.3, -0.25) is 9.69 Å². The third kappa shape index (κ3) is 4.50. The van der Waals surface area contributed by atoms with E-state index in [9.17, 15) is 9.59 Å². The van der Waals surface area contributed by atoms with Crippen molar-refractivity contribution in [3.05, 3.63) is 28.8 Å². The summed E-state index contributed by atoms with van der Waals surface area (Å²) in [5.41, 5.74) is 6.31. The number of hydrogen-bond donors (Lipinski definition) is 3. The van der Waals surface area contributed by atoms with E-state index in [2.05, 4.69) is 10.6 Å². The number of urea groups is 1. The number of carbonyl (C=O) groups is 2. The van der Waals surface area contributed by atoms with Gasteiger partial charge in [0.25, 0.3) is 5.91 Å². The maximum absolute atomic E-state index is 12.2. The standard InChI is InChI=1S/C14H19ClN4O2.ClH/c1-14(2,16)8-18-12(20)10-7-9(3-4-11(10)15)19-6-5-17-13(19)21;/h3-4,7H,5-6,8,16H2,1-2H3,(H,17,21)(H,18,20);1H. The Morgan fingerprint density at radius 1 is 1.50 bits per heavy atom. The number of benzene rings is 1. The first-order valence-electron chi connectivity index (χ1n) is 6.70. The molecular weight excluding hydrogens is 327 g/mol. The molecule has 1 aliphatic rings. The molecule has 0 aromatic heterocycles. The Bertz CT molecular complexity index is 572. The van der Waals surface area contributed by atoms with Crippen LogP contribution in [-0.2, 0) is 0 Å². The molecule has 4 N–H and O–H groups in total. The van der Waals surface area contributed by atoms with Crippen LogP contribution in [0.5, 0.6) is 0 Å². The summed E-state index contributed by atoms with van der Waals surface area (Å²) in [6, 6.07) is 4.78. The number of amides is 3. The summed E-state index contributed by atoms with van der Waals surface area (Å²) < 4.78 is 0. The van der Waals surface area contributed by atoms with Crippen molar-refractivity contribution < 1.29 is 9.59 Å². The number of hydrogen-bond acceptors (Lipinski definition) is 3. The van der Waals surface area contributed by atoms with Crippen LogP contribution in [0.15, 0.2) is 18.2 Å². The van der Waals surface area contributed by atoms with E-state index in [-0.39, 0.29) is 24.3 Å². The molecule has 0 bridgehead atoms. The lowest BCUT2D eigenvalue weighted by Crippen LogP contribution is -2.45. The highest BCUT2D eigenvalue weighted by Crippen LogP contribution is 2.24. The zero-order valence-corrected chi connectivity index (χ0v) is 14.1. The van der Waals surface area contributed by atoms with Gasteiger partial charge in [-0.2, -0.15) is 0 Å². The molecule has 1 aromatic rings. The van der Waals surface area contributed by atoms with Crippen LogP contribution in [0.1, 0.15) is 24.2 Å². The van der Waals surface area contributed by atoms with Gasteiger partial charge in [0, 0.05) is 30.9 Å². The molecule has 22 heavy (non-hydrogen) atoms. The van der Waals surface area contributed by atoms with Crippen LogP contribution in [0, 0.1) is 0 Å². The first-order chi connectivity index (χ1) is 9.78. The second-order valence-electron chi connectivity index (χ2n) is 5.72. The highest BCUT2D eigenvalue weighted by Gasteiger charge is 2.23. The lowest BCUT2D eigenvalue weighted by Gasteiger charge is -2.20. The van der Waals surface area contributed by atoms with E-state index in [0.717, 1.165) is 0 Å². The summed E-state index contributed by atoms with van der Waals surface area (Å²) in [4.78, 5) is 25.4. The molecule has 1 aliphatic heterocycles. The van der Waals surface area contributed by atoms with E-state index in [1.165, 1.54) is 0 Å². The summed E-state index contributed by atoms with van der Waals surface area (Å²) in [6.45, 7) is 5.12. The number of nitrogens with zero attached hydrogens (tertiary/aromatic N) is 1. The third-order valence-electron chi connectivity index (χ3n) is 3.07. The first kappa shape index (κ1) is 18.5. The average Bonchev–Trinajstić information content (AvgIpc) is 2.82. The number of anilines is 1. The number of nitrogens with two attached hydrogens (primary N) is 1. The van der Waals surface area contributed by atoms with E-state index in [1.54, 1.807) is 23.1 Å². The van der Waals surface area contributed by atoms with Crippen LogP contribution in [0.25, 0.3) is 0 Å². The molecule has 6 nitrogen and oxygen atoms in total. The second kappa shape index (κ2) is 7.17. The molecule has 1 heterocycles. The summed E-state index contributed by atoms with van der Waals surface area (Å²) in [6.07, 6.45) is 0. The minimum Gasteiger partial charge on any atom is -0.350 e.